The number of carbonyl (C=O) groups is 1. The lowest BCUT2D eigenvalue weighted by atomic mass is 10.1. The van der Waals surface area contributed by atoms with E-state index in [0.29, 0.717) is 44.5 Å². The van der Waals surface area contributed by atoms with Gasteiger partial charge in [-0.3, -0.25) is 9.78 Å². The Morgan fingerprint density at radius 2 is 1.84 bits per heavy atom. The first kappa shape index (κ1) is 17.1. The van der Waals surface area contributed by atoms with E-state index in [1.54, 1.807) is 6.20 Å². The van der Waals surface area contributed by atoms with Crippen LogP contribution in [0.5, 0.6) is 5.88 Å². The van der Waals surface area contributed by atoms with E-state index in [1.165, 1.54) is 17.2 Å². The molecule has 1 aliphatic heterocycles. The van der Waals surface area contributed by atoms with E-state index in [2.05, 4.69) is 9.97 Å². The lowest BCUT2D eigenvalue weighted by Crippen LogP contribution is -2.49. The van der Waals surface area contributed by atoms with Crippen molar-refractivity contribution in [1.29, 1.82) is 0 Å². The minimum atomic E-state index is -0.845. The summed E-state index contributed by atoms with van der Waals surface area (Å²) in [5.74, 6) is -1.24. The number of hydrogen-bond acceptors (Lipinski definition) is 5. The number of benzene rings is 1. The maximum Gasteiger partial charge on any atom is 0.259 e. The minimum Gasteiger partial charge on any atom is -0.477 e. The number of carbonyl (C=O) groups excluding carboxylic acids is 1. The Kier molecular flexibility index (Phi) is 5.06. The lowest BCUT2D eigenvalue weighted by molar-refractivity contribution is 0.0736. The van der Waals surface area contributed by atoms with Crippen molar-refractivity contribution < 1.29 is 18.3 Å². The van der Waals surface area contributed by atoms with E-state index in [4.69, 9.17) is 4.74 Å². The average molecular weight is 348 g/mol. The largest absolute Gasteiger partial charge is 0.477 e. The summed E-state index contributed by atoms with van der Waals surface area (Å²) in [6.45, 7) is 4.02. The standard InChI is InChI=1S/C17H18F2N4O2/c1-2-25-15-11-20-10-14(21-15)22-6-8-23(9-7-22)17(24)16-12(18)4-3-5-13(16)19/h3-5,10-11H,2,6-9H2,1H3. The number of nitrogens with zero attached hydrogens (tertiary/aromatic N) is 4. The summed E-state index contributed by atoms with van der Waals surface area (Å²) in [4.78, 5) is 24.3. The fraction of sp³-hybridized carbons (Fsp3) is 0.353. The molecular formula is C17H18F2N4O2. The van der Waals surface area contributed by atoms with Gasteiger partial charge in [-0.25, -0.2) is 8.78 Å². The molecular weight excluding hydrogens is 330 g/mol. The molecule has 3 rings (SSSR count). The molecule has 2 aromatic rings. The van der Waals surface area contributed by atoms with Gasteiger partial charge < -0.3 is 14.5 Å². The highest BCUT2D eigenvalue weighted by Crippen LogP contribution is 2.19. The summed E-state index contributed by atoms with van der Waals surface area (Å²) in [5.41, 5.74) is -0.505. The topological polar surface area (TPSA) is 58.6 Å². The molecule has 0 radical (unpaired) electrons. The molecule has 1 aliphatic rings. The van der Waals surface area contributed by atoms with Crippen molar-refractivity contribution >= 4 is 11.7 Å². The van der Waals surface area contributed by atoms with Crippen molar-refractivity contribution in [2.75, 3.05) is 37.7 Å². The third-order valence-electron chi connectivity index (χ3n) is 3.96. The fourth-order valence-electron chi connectivity index (χ4n) is 2.71. The fourth-order valence-corrected chi connectivity index (χ4v) is 2.71. The molecule has 0 unspecified atom stereocenters. The van der Waals surface area contributed by atoms with Crippen LogP contribution in [-0.2, 0) is 0 Å². The van der Waals surface area contributed by atoms with Gasteiger partial charge in [-0.15, -0.1) is 0 Å². The number of halogens is 2. The molecule has 1 aromatic carbocycles. The van der Waals surface area contributed by atoms with Gasteiger partial charge in [0.25, 0.3) is 5.91 Å². The summed E-state index contributed by atoms with van der Waals surface area (Å²) in [5, 5.41) is 0. The summed E-state index contributed by atoms with van der Waals surface area (Å²) in [7, 11) is 0. The summed E-state index contributed by atoms with van der Waals surface area (Å²) >= 11 is 0. The quantitative estimate of drug-likeness (QED) is 0.847. The maximum absolute atomic E-state index is 13.8. The molecule has 0 N–H and O–H groups in total. The second-order valence-corrected chi connectivity index (χ2v) is 5.52. The van der Waals surface area contributed by atoms with Gasteiger partial charge in [-0.2, -0.15) is 4.98 Å². The number of hydrogen-bond donors (Lipinski definition) is 0. The SMILES string of the molecule is CCOc1cncc(N2CCN(C(=O)c3c(F)cccc3F)CC2)n1. The Morgan fingerprint density at radius 1 is 1.16 bits per heavy atom. The van der Waals surface area contributed by atoms with Gasteiger partial charge in [0, 0.05) is 26.2 Å². The highest BCUT2D eigenvalue weighted by molar-refractivity contribution is 5.95. The van der Waals surface area contributed by atoms with Crippen LogP contribution in [-0.4, -0.2) is 53.6 Å². The van der Waals surface area contributed by atoms with Crippen molar-refractivity contribution in [3.05, 3.63) is 47.8 Å². The molecule has 1 saturated heterocycles. The minimum absolute atomic E-state index is 0.340. The van der Waals surface area contributed by atoms with Crippen LogP contribution in [0.15, 0.2) is 30.6 Å². The smallest absolute Gasteiger partial charge is 0.259 e. The number of piperazine rings is 1. The Labute approximate surface area is 144 Å². The predicted molar refractivity (Wildman–Crippen MR) is 87.7 cm³/mol. The zero-order valence-electron chi connectivity index (χ0n) is 13.8. The number of aromatic nitrogens is 2. The van der Waals surface area contributed by atoms with Crippen molar-refractivity contribution in [1.82, 2.24) is 14.9 Å². The number of rotatable bonds is 4. The van der Waals surface area contributed by atoms with Crippen LogP contribution >= 0.6 is 0 Å². The van der Waals surface area contributed by atoms with Gasteiger partial charge in [0.1, 0.15) is 17.2 Å². The van der Waals surface area contributed by atoms with Crippen LogP contribution in [0.2, 0.25) is 0 Å². The predicted octanol–water partition coefficient (Wildman–Crippen LogP) is 2.12. The first-order valence-electron chi connectivity index (χ1n) is 8.03. The van der Waals surface area contributed by atoms with Crippen LogP contribution in [0.25, 0.3) is 0 Å². The molecule has 0 saturated carbocycles. The second-order valence-electron chi connectivity index (χ2n) is 5.52. The van der Waals surface area contributed by atoms with Crippen LogP contribution in [0, 0.1) is 11.6 Å². The summed E-state index contributed by atoms with van der Waals surface area (Å²) < 4.78 is 32.9. The Bertz CT molecular complexity index is 744. The molecule has 1 aromatic heterocycles. The highest BCUT2D eigenvalue weighted by Gasteiger charge is 2.27. The van der Waals surface area contributed by atoms with Crippen LogP contribution in [0.1, 0.15) is 17.3 Å². The van der Waals surface area contributed by atoms with Gasteiger partial charge in [0.05, 0.1) is 19.0 Å². The average Bonchev–Trinajstić information content (AvgIpc) is 2.62. The molecule has 1 fully saturated rings. The van der Waals surface area contributed by atoms with Gasteiger partial charge in [0.15, 0.2) is 5.82 Å². The molecule has 0 atom stereocenters. The monoisotopic (exact) mass is 348 g/mol. The zero-order valence-corrected chi connectivity index (χ0v) is 13.8. The van der Waals surface area contributed by atoms with E-state index < -0.39 is 23.1 Å². The van der Waals surface area contributed by atoms with E-state index in [1.807, 2.05) is 11.8 Å². The molecule has 6 nitrogen and oxygen atoms in total. The van der Waals surface area contributed by atoms with Crippen molar-refractivity contribution in [2.45, 2.75) is 6.92 Å². The van der Waals surface area contributed by atoms with E-state index in [-0.39, 0.29) is 0 Å². The van der Waals surface area contributed by atoms with Crippen LogP contribution < -0.4 is 9.64 Å². The molecule has 132 valence electrons. The van der Waals surface area contributed by atoms with Crippen LogP contribution in [0.4, 0.5) is 14.6 Å². The molecule has 25 heavy (non-hydrogen) atoms. The Hall–Kier alpha value is -2.77. The van der Waals surface area contributed by atoms with Gasteiger partial charge in [-0.05, 0) is 19.1 Å². The third kappa shape index (κ3) is 3.67. The zero-order chi connectivity index (χ0) is 17.8. The molecule has 2 heterocycles. The molecule has 0 bridgehead atoms. The van der Waals surface area contributed by atoms with E-state index in [9.17, 15) is 13.6 Å². The van der Waals surface area contributed by atoms with Gasteiger partial charge in [-0.1, -0.05) is 6.07 Å². The third-order valence-corrected chi connectivity index (χ3v) is 3.96. The number of ether oxygens (including phenoxy) is 1. The Morgan fingerprint density at radius 3 is 2.48 bits per heavy atom. The lowest BCUT2D eigenvalue weighted by Gasteiger charge is -2.35. The first-order chi connectivity index (χ1) is 12.1. The first-order valence-corrected chi connectivity index (χ1v) is 8.03. The molecule has 0 spiro atoms. The molecule has 0 aliphatic carbocycles. The van der Waals surface area contributed by atoms with Gasteiger partial charge >= 0.3 is 0 Å². The van der Waals surface area contributed by atoms with Crippen molar-refractivity contribution in [2.24, 2.45) is 0 Å². The highest BCUT2D eigenvalue weighted by atomic mass is 19.1. The summed E-state index contributed by atoms with van der Waals surface area (Å²) in [6.07, 6.45) is 3.16. The Balaban J connectivity index is 1.68. The van der Waals surface area contributed by atoms with E-state index in [0.717, 1.165) is 12.1 Å². The van der Waals surface area contributed by atoms with Crippen molar-refractivity contribution in [3.63, 3.8) is 0 Å². The normalized spacial score (nSPS) is 14.5. The molecule has 1 amide bonds. The van der Waals surface area contributed by atoms with Crippen molar-refractivity contribution in [3.8, 4) is 5.88 Å². The van der Waals surface area contributed by atoms with Crippen LogP contribution in [0.3, 0.4) is 0 Å². The number of amides is 1. The maximum atomic E-state index is 13.8. The molecule has 8 heteroatoms. The number of anilines is 1. The van der Waals surface area contributed by atoms with E-state index >= 15 is 0 Å². The second kappa shape index (κ2) is 7.42. The van der Waals surface area contributed by atoms with Gasteiger partial charge in [0.2, 0.25) is 5.88 Å². The summed E-state index contributed by atoms with van der Waals surface area (Å²) in [6, 6.07) is 3.41.